The minimum absolute atomic E-state index is 0.0727. The third-order valence-corrected chi connectivity index (χ3v) is 6.50. The third-order valence-electron chi connectivity index (χ3n) is 4.80. The molecule has 2 heterocycles. The lowest BCUT2D eigenvalue weighted by molar-refractivity contribution is -0.137. The Bertz CT molecular complexity index is 794. The summed E-state index contributed by atoms with van der Waals surface area (Å²) in [6.45, 7) is 0.956. The normalized spacial score (nSPS) is 25.5. The first-order chi connectivity index (χ1) is 11.8. The number of hydrogen-bond donors (Lipinski definition) is 2. The number of carbonyl (C=O) groups excluding carboxylic acids is 1. The minimum Gasteiger partial charge on any atom is -0.507 e. The number of phenols is 1. The van der Waals surface area contributed by atoms with Gasteiger partial charge in [0.25, 0.3) is 5.91 Å². The largest absolute Gasteiger partial charge is 0.507 e. The second-order valence-electron chi connectivity index (χ2n) is 6.41. The van der Waals surface area contributed by atoms with Crippen molar-refractivity contribution in [3.05, 3.63) is 29.8 Å². The molecule has 0 saturated carbocycles. The Balaban J connectivity index is 1.85. The van der Waals surface area contributed by atoms with Crippen molar-refractivity contribution in [2.45, 2.75) is 18.5 Å². The average molecular weight is 368 g/mol. The molecular formula is C16H20N2O6S. The Morgan fingerprint density at radius 2 is 1.80 bits per heavy atom. The summed E-state index contributed by atoms with van der Waals surface area (Å²) < 4.78 is 24.2. The number of aromatic hydroxyl groups is 1. The number of hydrogen-bond acceptors (Lipinski definition) is 6. The van der Waals surface area contributed by atoms with E-state index in [0.29, 0.717) is 13.1 Å². The van der Waals surface area contributed by atoms with Crippen LogP contribution >= 0.6 is 0 Å². The highest BCUT2D eigenvalue weighted by atomic mass is 32.2. The van der Waals surface area contributed by atoms with Crippen LogP contribution in [0.15, 0.2) is 24.3 Å². The number of nitrogens with zero attached hydrogens (tertiary/aromatic N) is 2. The number of carboxylic acid groups (broad SMARTS) is 1. The smallest absolute Gasteiger partial charge is 0.304 e. The fraction of sp³-hybridized carbons (Fsp3) is 0.500. The number of fused-ring (bicyclic) bond motifs is 1. The number of phenolic OH excluding ortho intramolecular Hbond substituents is 1. The average Bonchev–Trinajstić information content (AvgIpc) is 2.87. The van der Waals surface area contributed by atoms with Gasteiger partial charge in [-0.3, -0.25) is 14.5 Å². The predicted molar refractivity (Wildman–Crippen MR) is 89.2 cm³/mol. The van der Waals surface area contributed by atoms with E-state index in [1.165, 1.54) is 17.0 Å². The van der Waals surface area contributed by atoms with E-state index in [4.69, 9.17) is 5.11 Å². The second kappa shape index (κ2) is 6.64. The van der Waals surface area contributed by atoms with Crippen LogP contribution in [-0.4, -0.2) is 83.5 Å². The van der Waals surface area contributed by atoms with Crippen LogP contribution in [0.2, 0.25) is 0 Å². The highest BCUT2D eigenvalue weighted by molar-refractivity contribution is 7.91. The summed E-state index contributed by atoms with van der Waals surface area (Å²) >= 11 is 0. The molecule has 0 aliphatic carbocycles. The molecule has 1 aromatic rings. The van der Waals surface area contributed by atoms with Crippen LogP contribution in [0.3, 0.4) is 0 Å². The number of piperazine rings is 1. The number of sulfone groups is 1. The molecule has 2 fully saturated rings. The van der Waals surface area contributed by atoms with Crippen molar-refractivity contribution in [1.82, 2.24) is 9.80 Å². The van der Waals surface area contributed by atoms with Crippen LogP contribution in [0.5, 0.6) is 5.75 Å². The quantitative estimate of drug-likeness (QED) is 0.755. The summed E-state index contributed by atoms with van der Waals surface area (Å²) in [7, 11) is -3.30. The zero-order valence-electron chi connectivity index (χ0n) is 13.5. The number of para-hydroxylation sites is 1. The first kappa shape index (κ1) is 17.7. The van der Waals surface area contributed by atoms with Crippen LogP contribution in [0.25, 0.3) is 0 Å². The number of rotatable bonds is 4. The van der Waals surface area contributed by atoms with Gasteiger partial charge in [-0.1, -0.05) is 12.1 Å². The lowest BCUT2D eigenvalue weighted by atomic mass is 10.0. The zero-order valence-corrected chi connectivity index (χ0v) is 14.4. The molecular weight excluding hydrogens is 348 g/mol. The van der Waals surface area contributed by atoms with Crippen LogP contribution in [0.4, 0.5) is 0 Å². The van der Waals surface area contributed by atoms with Gasteiger partial charge in [-0.2, -0.15) is 0 Å². The van der Waals surface area contributed by atoms with Crippen LogP contribution in [0.1, 0.15) is 16.8 Å². The second-order valence-corrected chi connectivity index (χ2v) is 8.56. The lowest BCUT2D eigenvalue weighted by Gasteiger charge is -2.43. The first-order valence-electron chi connectivity index (χ1n) is 8.04. The topological polar surface area (TPSA) is 115 Å². The lowest BCUT2D eigenvalue weighted by Crippen LogP contribution is -2.60. The van der Waals surface area contributed by atoms with E-state index in [9.17, 15) is 23.1 Å². The monoisotopic (exact) mass is 368 g/mol. The highest BCUT2D eigenvalue weighted by Crippen LogP contribution is 2.29. The summed E-state index contributed by atoms with van der Waals surface area (Å²) in [6, 6.07) is 5.23. The van der Waals surface area contributed by atoms with Gasteiger partial charge >= 0.3 is 5.97 Å². The molecule has 0 bridgehead atoms. The van der Waals surface area contributed by atoms with Gasteiger partial charge in [-0.15, -0.1) is 0 Å². The van der Waals surface area contributed by atoms with Gasteiger partial charge in [0.2, 0.25) is 0 Å². The summed E-state index contributed by atoms with van der Waals surface area (Å²) in [5.74, 6) is -1.70. The Hall–Kier alpha value is -2.13. The molecule has 0 unspecified atom stereocenters. The molecule has 2 aliphatic heterocycles. The van der Waals surface area contributed by atoms with E-state index in [2.05, 4.69) is 0 Å². The molecule has 2 aliphatic rings. The molecule has 1 amide bonds. The molecule has 0 spiro atoms. The molecule has 136 valence electrons. The van der Waals surface area contributed by atoms with Gasteiger partial charge in [0, 0.05) is 25.7 Å². The summed E-state index contributed by atoms with van der Waals surface area (Å²) in [4.78, 5) is 27.0. The van der Waals surface area contributed by atoms with Crippen molar-refractivity contribution < 1.29 is 28.2 Å². The zero-order chi connectivity index (χ0) is 18.2. The predicted octanol–water partition coefficient (Wildman–Crippen LogP) is -0.210. The van der Waals surface area contributed by atoms with Gasteiger partial charge in [0.1, 0.15) is 5.75 Å². The third kappa shape index (κ3) is 3.62. The standard InChI is InChI=1S/C16H20N2O6S/c19-14-4-2-1-3-11(14)16(22)18-8-7-17(6-5-15(20)21)12-9-25(23,24)10-13(12)18/h1-4,12-13,19H,5-10H2,(H,20,21)/t12-,13+/m0/s1. The van der Waals surface area contributed by atoms with E-state index < -0.39 is 33.8 Å². The molecule has 1 aromatic carbocycles. The Kier molecular flexibility index (Phi) is 4.70. The SMILES string of the molecule is O=C(O)CCN1CCN(C(=O)c2ccccc2O)[C@@H]2CS(=O)(=O)C[C@@H]21. The van der Waals surface area contributed by atoms with Gasteiger partial charge in [-0.05, 0) is 12.1 Å². The molecule has 8 nitrogen and oxygen atoms in total. The summed E-state index contributed by atoms with van der Waals surface area (Å²) in [5, 5.41) is 18.8. The van der Waals surface area contributed by atoms with E-state index >= 15 is 0 Å². The number of carbonyl (C=O) groups is 2. The summed E-state index contributed by atoms with van der Waals surface area (Å²) in [5.41, 5.74) is 0.143. The van der Waals surface area contributed by atoms with Crippen molar-refractivity contribution in [1.29, 1.82) is 0 Å². The maximum atomic E-state index is 12.8. The maximum Gasteiger partial charge on any atom is 0.304 e. The van der Waals surface area contributed by atoms with Gasteiger partial charge in [0.05, 0.1) is 29.5 Å². The van der Waals surface area contributed by atoms with Gasteiger partial charge in [-0.25, -0.2) is 8.42 Å². The fourth-order valence-corrected chi connectivity index (χ4v) is 5.61. The van der Waals surface area contributed by atoms with Crippen LogP contribution in [-0.2, 0) is 14.6 Å². The molecule has 0 aromatic heterocycles. The highest BCUT2D eigenvalue weighted by Gasteiger charge is 2.48. The Labute approximate surface area is 145 Å². The molecule has 2 atom stereocenters. The number of amides is 1. The minimum atomic E-state index is -3.30. The number of benzene rings is 1. The van der Waals surface area contributed by atoms with E-state index in [0.717, 1.165) is 0 Å². The van der Waals surface area contributed by atoms with Gasteiger partial charge in [0.15, 0.2) is 9.84 Å². The van der Waals surface area contributed by atoms with E-state index in [1.54, 1.807) is 12.1 Å². The Morgan fingerprint density at radius 3 is 2.48 bits per heavy atom. The van der Waals surface area contributed by atoms with Gasteiger partial charge < -0.3 is 15.1 Å². The molecule has 0 radical (unpaired) electrons. The molecule has 2 N–H and O–H groups in total. The first-order valence-corrected chi connectivity index (χ1v) is 9.86. The van der Waals surface area contributed by atoms with Crippen LogP contribution < -0.4 is 0 Å². The number of carboxylic acids is 1. The molecule has 2 saturated heterocycles. The van der Waals surface area contributed by atoms with Crippen molar-refractivity contribution in [2.24, 2.45) is 0 Å². The molecule has 25 heavy (non-hydrogen) atoms. The van der Waals surface area contributed by atoms with Crippen molar-refractivity contribution >= 4 is 21.7 Å². The number of aliphatic carboxylic acids is 1. The summed E-state index contributed by atoms with van der Waals surface area (Å²) in [6.07, 6.45) is -0.0727. The molecule has 9 heteroatoms. The molecule has 3 rings (SSSR count). The maximum absolute atomic E-state index is 12.8. The van der Waals surface area contributed by atoms with Crippen LogP contribution in [0, 0.1) is 0 Å². The van der Waals surface area contributed by atoms with Crippen molar-refractivity contribution in [3.63, 3.8) is 0 Å². The Morgan fingerprint density at radius 1 is 1.12 bits per heavy atom. The fourth-order valence-electron chi connectivity index (χ4n) is 3.60. The van der Waals surface area contributed by atoms with E-state index in [-0.39, 0.29) is 35.8 Å². The van der Waals surface area contributed by atoms with Crippen molar-refractivity contribution in [2.75, 3.05) is 31.1 Å². The van der Waals surface area contributed by atoms with Crippen molar-refractivity contribution in [3.8, 4) is 5.75 Å². The van der Waals surface area contributed by atoms with E-state index in [1.807, 2.05) is 4.90 Å².